The van der Waals surface area contributed by atoms with Gasteiger partial charge in [0.2, 0.25) is 0 Å². The van der Waals surface area contributed by atoms with Crippen molar-refractivity contribution < 1.29 is 14.3 Å². The number of aromatic hydroxyl groups is 1. The molecule has 0 bridgehead atoms. The van der Waals surface area contributed by atoms with Crippen molar-refractivity contribution >= 4 is 5.91 Å². The Morgan fingerprint density at radius 3 is 2.71 bits per heavy atom. The van der Waals surface area contributed by atoms with Gasteiger partial charge in [0.25, 0.3) is 5.91 Å². The number of carbonyl (C=O) groups is 1. The van der Waals surface area contributed by atoms with Crippen molar-refractivity contribution in [3.63, 3.8) is 0 Å². The number of amides is 1. The highest BCUT2D eigenvalue weighted by atomic mass is 19.1. The molecule has 1 unspecified atom stereocenters. The van der Waals surface area contributed by atoms with Crippen LogP contribution in [-0.2, 0) is 0 Å². The van der Waals surface area contributed by atoms with Crippen molar-refractivity contribution in [1.82, 2.24) is 5.32 Å². The molecule has 4 nitrogen and oxygen atoms in total. The second kappa shape index (κ2) is 5.63. The zero-order chi connectivity index (χ0) is 13.0. The van der Waals surface area contributed by atoms with Gasteiger partial charge in [-0.25, -0.2) is 4.39 Å². The number of benzene rings is 1. The molecule has 5 heteroatoms. The number of carbonyl (C=O) groups excluding carboxylic acids is 1. The summed E-state index contributed by atoms with van der Waals surface area (Å²) in [7, 11) is 0. The van der Waals surface area contributed by atoms with E-state index in [0.717, 1.165) is 6.07 Å². The maximum atomic E-state index is 13.3. The first-order valence-electron chi connectivity index (χ1n) is 5.44. The summed E-state index contributed by atoms with van der Waals surface area (Å²) in [5, 5.41) is 11.9. The first-order valence-corrected chi connectivity index (χ1v) is 5.44. The molecule has 94 valence electrons. The molecule has 4 N–H and O–H groups in total. The molecule has 1 aromatic rings. The molecule has 0 fully saturated rings. The van der Waals surface area contributed by atoms with Crippen LogP contribution in [0.2, 0.25) is 0 Å². The van der Waals surface area contributed by atoms with Crippen LogP contribution in [0.1, 0.15) is 24.2 Å². The van der Waals surface area contributed by atoms with Crippen molar-refractivity contribution in [3.8, 4) is 5.75 Å². The SMILES string of the molecule is CC(C)C(N)CNC(=O)c1c(O)cccc1F. The van der Waals surface area contributed by atoms with Gasteiger partial charge in [-0.1, -0.05) is 19.9 Å². The lowest BCUT2D eigenvalue weighted by molar-refractivity contribution is 0.0942. The van der Waals surface area contributed by atoms with E-state index >= 15 is 0 Å². The first kappa shape index (κ1) is 13.4. The van der Waals surface area contributed by atoms with Crippen LogP contribution in [-0.4, -0.2) is 23.6 Å². The lowest BCUT2D eigenvalue weighted by Gasteiger charge is -2.16. The lowest BCUT2D eigenvalue weighted by Crippen LogP contribution is -2.40. The Bertz CT molecular complexity index is 387. The second-order valence-electron chi connectivity index (χ2n) is 4.25. The van der Waals surface area contributed by atoms with Gasteiger partial charge < -0.3 is 16.2 Å². The van der Waals surface area contributed by atoms with E-state index in [1.807, 2.05) is 13.8 Å². The summed E-state index contributed by atoms with van der Waals surface area (Å²) in [4.78, 5) is 11.6. The minimum absolute atomic E-state index is 0.201. The van der Waals surface area contributed by atoms with Gasteiger partial charge in [-0.2, -0.15) is 0 Å². The fraction of sp³-hybridized carbons (Fsp3) is 0.417. The second-order valence-corrected chi connectivity index (χ2v) is 4.25. The molecule has 0 aliphatic rings. The summed E-state index contributed by atoms with van der Waals surface area (Å²) in [6.45, 7) is 4.10. The highest BCUT2D eigenvalue weighted by molar-refractivity contribution is 5.97. The van der Waals surface area contributed by atoms with Crippen LogP contribution in [0.4, 0.5) is 4.39 Å². The number of nitrogens with two attached hydrogens (primary N) is 1. The standard InChI is InChI=1S/C12H17FN2O2/c1-7(2)9(14)6-15-12(17)11-8(13)4-3-5-10(11)16/h3-5,7,9,16H,6,14H2,1-2H3,(H,15,17). The van der Waals surface area contributed by atoms with E-state index in [2.05, 4.69) is 5.32 Å². The van der Waals surface area contributed by atoms with Crippen molar-refractivity contribution in [2.75, 3.05) is 6.54 Å². The monoisotopic (exact) mass is 240 g/mol. The van der Waals surface area contributed by atoms with Crippen LogP contribution in [0.15, 0.2) is 18.2 Å². The van der Waals surface area contributed by atoms with Gasteiger partial charge in [0.05, 0.1) is 0 Å². The summed E-state index contributed by atoms with van der Waals surface area (Å²) in [5.74, 6) is -1.57. The summed E-state index contributed by atoms with van der Waals surface area (Å²) in [5.41, 5.74) is 5.40. The van der Waals surface area contributed by atoms with Crippen LogP contribution in [0, 0.1) is 11.7 Å². The average Bonchev–Trinajstić information content (AvgIpc) is 2.25. The van der Waals surface area contributed by atoms with Gasteiger partial charge >= 0.3 is 0 Å². The third-order valence-electron chi connectivity index (χ3n) is 2.57. The van der Waals surface area contributed by atoms with Gasteiger partial charge in [0, 0.05) is 12.6 Å². The number of rotatable bonds is 4. The van der Waals surface area contributed by atoms with Crippen LogP contribution in [0.5, 0.6) is 5.75 Å². The predicted molar refractivity (Wildman–Crippen MR) is 63.2 cm³/mol. The third-order valence-corrected chi connectivity index (χ3v) is 2.57. The third kappa shape index (κ3) is 3.42. The number of phenolic OH excluding ortho intramolecular Hbond substituents is 1. The Hall–Kier alpha value is -1.62. The molecule has 1 aromatic carbocycles. The molecule has 0 aromatic heterocycles. The molecule has 0 heterocycles. The minimum atomic E-state index is -0.749. The Morgan fingerprint density at radius 2 is 2.18 bits per heavy atom. The maximum Gasteiger partial charge on any atom is 0.258 e. The van der Waals surface area contributed by atoms with E-state index in [9.17, 15) is 14.3 Å². The number of hydrogen-bond donors (Lipinski definition) is 3. The Balaban J connectivity index is 2.71. The minimum Gasteiger partial charge on any atom is -0.507 e. The van der Waals surface area contributed by atoms with E-state index in [1.54, 1.807) is 0 Å². The van der Waals surface area contributed by atoms with E-state index in [0.29, 0.717) is 0 Å². The van der Waals surface area contributed by atoms with E-state index < -0.39 is 11.7 Å². The van der Waals surface area contributed by atoms with Gasteiger partial charge in [0.1, 0.15) is 17.1 Å². The van der Waals surface area contributed by atoms with Gasteiger partial charge in [-0.05, 0) is 18.1 Å². The summed E-state index contributed by atoms with van der Waals surface area (Å²) >= 11 is 0. The molecular formula is C12H17FN2O2. The molecule has 1 rings (SSSR count). The van der Waals surface area contributed by atoms with Crippen LogP contribution in [0.3, 0.4) is 0 Å². The van der Waals surface area contributed by atoms with Crippen molar-refractivity contribution in [2.24, 2.45) is 11.7 Å². The highest BCUT2D eigenvalue weighted by Gasteiger charge is 2.17. The van der Waals surface area contributed by atoms with Gasteiger partial charge in [0.15, 0.2) is 0 Å². The Morgan fingerprint density at radius 1 is 1.53 bits per heavy atom. The summed E-state index contributed by atoms with van der Waals surface area (Å²) in [6.07, 6.45) is 0. The molecule has 1 amide bonds. The van der Waals surface area contributed by atoms with E-state index in [4.69, 9.17) is 5.73 Å². The first-order chi connectivity index (χ1) is 7.93. The zero-order valence-electron chi connectivity index (χ0n) is 9.90. The smallest absolute Gasteiger partial charge is 0.258 e. The predicted octanol–water partition coefficient (Wildman–Crippen LogP) is 1.24. The number of nitrogens with one attached hydrogen (secondary N) is 1. The summed E-state index contributed by atoms with van der Waals surface area (Å²) in [6, 6.07) is 3.52. The molecular weight excluding hydrogens is 223 g/mol. The maximum absolute atomic E-state index is 13.3. The number of halogens is 1. The normalized spacial score (nSPS) is 12.5. The van der Waals surface area contributed by atoms with Crippen LogP contribution < -0.4 is 11.1 Å². The topological polar surface area (TPSA) is 75.3 Å². The molecule has 0 saturated heterocycles. The summed E-state index contributed by atoms with van der Waals surface area (Å²) < 4.78 is 13.3. The average molecular weight is 240 g/mol. The van der Waals surface area contributed by atoms with Gasteiger partial charge in [-0.3, -0.25) is 4.79 Å². The molecule has 0 saturated carbocycles. The molecule has 0 aliphatic heterocycles. The largest absolute Gasteiger partial charge is 0.507 e. The fourth-order valence-electron chi connectivity index (χ4n) is 1.27. The van der Waals surface area contributed by atoms with E-state index in [1.165, 1.54) is 12.1 Å². The Kier molecular flexibility index (Phi) is 4.45. The highest BCUT2D eigenvalue weighted by Crippen LogP contribution is 2.19. The molecule has 1 atom stereocenters. The van der Waals surface area contributed by atoms with Crippen molar-refractivity contribution in [1.29, 1.82) is 0 Å². The Labute approximate surface area is 99.6 Å². The fourth-order valence-corrected chi connectivity index (χ4v) is 1.27. The van der Waals surface area contributed by atoms with Gasteiger partial charge in [-0.15, -0.1) is 0 Å². The van der Waals surface area contributed by atoms with Crippen LogP contribution >= 0.6 is 0 Å². The van der Waals surface area contributed by atoms with Crippen molar-refractivity contribution in [2.45, 2.75) is 19.9 Å². The quantitative estimate of drug-likeness (QED) is 0.741. The number of hydrogen-bond acceptors (Lipinski definition) is 3. The van der Waals surface area contributed by atoms with E-state index in [-0.39, 0.29) is 29.8 Å². The molecule has 0 aliphatic carbocycles. The molecule has 0 radical (unpaired) electrons. The number of phenols is 1. The lowest BCUT2D eigenvalue weighted by atomic mass is 10.1. The van der Waals surface area contributed by atoms with Crippen molar-refractivity contribution in [3.05, 3.63) is 29.6 Å². The zero-order valence-corrected chi connectivity index (χ0v) is 9.90. The molecule has 17 heavy (non-hydrogen) atoms. The molecule has 0 spiro atoms. The van der Waals surface area contributed by atoms with Crippen LogP contribution in [0.25, 0.3) is 0 Å².